The number of ether oxygens (including phenoxy) is 1. The molecule has 146 valence electrons. The predicted molar refractivity (Wildman–Crippen MR) is 102 cm³/mol. The van der Waals surface area contributed by atoms with Crippen LogP contribution in [-0.4, -0.2) is 69.7 Å². The number of rotatable bonds is 5. The molecule has 3 rings (SSSR count). The highest BCUT2D eigenvalue weighted by molar-refractivity contribution is 6.03. The zero-order chi connectivity index (χ0) is 19.4. The molecule has 2 amide bonds. The number of likely N-dealkylation sites (tertiary alicyclic amines) is 1. The van der Waals surface area contributed by atoms with Gasteiger partial charge in [0.25, 0.3) is 5.91 Å². The molecule has 1 fully saturated rings. The van der Waals surface area contributed by atoms with Gasteiger partial charge in [0, 0.05) is 32.9 Å². The third kappa shape index (κ3) is 3.89. The van der Waals surface area contributed by atoms with E-state index in [4.69, 9.17) is 4.74 Å². The molecule has 0 bridgehead atoms. The molecule has 8 heteroatoms. The lowest BCUT2D eigenvalue weighted by atomic mass is 10.1. The van der Waals surface area contributed by atoms with Gasteiger partial charge >= 0.3 is 0 Å². The summed E-state index contributed by atoms with van der Waals surface area (Å²) in [5.41, 5.74) is 0.996. The van der Waals surface area contributed by atoms with E-state index in [0.717, 1.165) is 38.8 Å². The van der Waals surface area contributed by atoms with Gasteiger partial charge in [-0.05, 0) is 19.8 Å². The number of pyridine rings is 1. The molecule has 0 spiro atoms. The highest BCUT2D eigenvalue weighted by atomic mass is 16.5. The van der Waals surface area contributed by atoms with Crippen molar-refractivity contribution in [3.63, 3.8) is 0 Å². The summed E-state index contributed by atoms with van der Waals surface area (Å²) >= 11 is 0. The van der Waals surface area contributed by atoms with Crippen LogP contribution in [0.5, 0.6) is 5.75 Å². The second kappa shape index (κ2) is 8.37. The van der Waals surface area contributed by atoms with E-state index in [9.17, 15) is 9.59 Å². The summed E-state index contributed by atoms with van der Waals surface area (Å²) in [6.07, 6.45) is 7.52. The maximum Gasteiger partial charge on any atom is 0.259 e. The number of methoxy groups -OCH3 is 1. The fourth-order valence-corrected chi connectivity index (χ4v) is 3.53. The molecule has 0 atom stereocenters. The van der Waals surface area contributed by atoms with Gasteiger partial charge in [-0.3, -0.25) is 14.3 Å². The van der Waals surface area contributed by atoms with E-state index < -0.39 is 0 Å². The molecule has 3 heterocycles. The van der Waals surface area contributed by atoms with Gasteiger partial charge in [-0.1, -0.05) is 12.8 Å². The number of aromatic nitrogens is 3. The number of carbonyl (C=O) groups is 2. The molecular weight excluding hydrogens is 346 g/mol. The third-order valence-electron chi connectivity index (χ3n) is 5.10. The number of aryl methyl sites for hydroxylation is 1. The zero-order valence-corrected chi connectivity index (χ0v) is 16.3. The zero-order valence-electron chi connectivity index (χ0n) is 16.3. The Bertz CT molecular complexity index is 824. The van der Waals surface area contributed by atoms with Gasteiger partial charge in [-0.15, -0.1) is 0 Å². The summed E-state index contributed by atoms with van der Waals surface area (Å²) in [5.74, 6) is 0.191. The van der Waals surface area contributed by atoms with Gasteiger partial charge in [-0.2, -0.15) is 5.10 Å². The molecule has 27 heavy (non-hydrogen) atoms. The first kappa shape index (κ1) is 19.1. The fourth-order valence-electron chi connectivity index (χ4n) is 3.53. The van der Waals surface area contributed by atoms with Crippen LogP contribution < -0.4 is 4.74 Å². The minimum Gasteiger partial charge on any atom is -0.495 e. The van der Waals surface area contributed by atoms with Gasteiger partial charge in [0.05, 0.1) is 18.7 Å². The van der Waals surface area contributed by atoms with Crippen LogP contribution >= 0.6 is 0 Å². The van der Waals surface area contributed by atoms with Gasteiger partial charge in [-0.25, -0.2) is 4.98 Å². The number of amides is 2. The highest BCUT2D eigenvalue weighted by Crippen LogP contribution is 2.28. The van der Waals surface area contributed by atoms with Gasteiger partial charge in [0.2, 0.25) is 5.91 Å². The monoisotopic (exact) mass is 373 g/mol. The van der Waals surface area contributed by atoms with Crippen molar-refractivity contribution in [2.75, 3.05) is 33.3 Å². The Balaban J connectivity index is 1.82. The van der Waals surface area contributed by atoms with Gasteiger partial charge in [0.1, 0.15) is 17.9 Å². The van der Waals surface area contributed by atoms with E-state index in [-0.39, 0.29) is 18.4 Å². The Hall–Kier alpha value is -2.64. The molecule has 0 saturated carbocycles. The lowest BCUT2D eigenvalue weighted by molar-refractivity contribution is -0.131. The van der Waals surface area contributed by atoms with E-state index >= 15 is 0 Å². The molecule has 2 aromatic heterocycles. The van der Waals surface area contributed by atoms with Crippen LogP contribution in [-0.2, 0) is 11.8 Å². The molecule has 0 radical (unpaired) electrons. The average molecular weight is 373 g/mol. The predicted octanol–water partition coefficient (Wildman–Crippen LogP) is 1.84. The largest absolute Gasteiger partial charge is 0.495 e. The molecule has 1 saturated heterocycles. The van der Waals surface area contributed by atoms with Crippen molar-refractivity contribution in [3.8, 4) is 5.75 Å². The minimum absolute atomic E-state index is 0.00137. The normalized spacial score (nSPS) is 14.9. The first-order valence-electron chi connectivity index (χ1n) is 9.48. The van der Waals surface area contributed by atoms with Crippen LogP contribution in [0.4, 0.5) is 0 Å². The van der Waals surface area contributed by atoms with Crippen molar-refractivity contribution in [1.29, 1.82) is 0 Å². The fraction of sp³-hybridized carbons (Fsp3) is 0.579. The smallest absolute Gasteiger partial charge is 0.259 e. The van der Waals surface area contributed by atoms with Crippen molar-refractivity contribution < 1.29 is 14.3 Å². The molecule has 0 aliphatic carbocycles. The van der Waals surface area contributed by atoms with Crippen molar-refractivity contribution in [2.45, 2.75) is 32.6 Å². The minimum atomic E-state index is -0.254. The Morgan fingerprint density at radius 3 is 2.52 bits per heavy atom. The number of nitrogens with zero attached hydrogens (tertiary/aromatic N) is 5. The lowest BCUT2D eigenvalue weighted by Crippen LogP contribution is -2.43. The van der Waals surface area contributed by atoms with Crippen LogP contribution in [0, 0.1) is 0 Å². The van der Waals surface area contributed by atoms with Crippen molar-refractivity contribution >= 4 is 22.8 Å². The summed E-state index contributed by atoms with van der Waals surface area (Å²) in [5, 5.41) is 4.86. The highest BCUT2D eigenvalue weighted by Gasteiger charge is 2.25. The molecule has 0 unspecified atom stereocenters. The van der Waals surface area contributed by atoms with Crippen LogP contribution in [0.1, 0.15) is 43.0 Å². The van der Waals surface area contributed by atoms with Crippen molar-refractivity contribution in [3.05, 3.63) is 18.0 Å². The quantitative estimate of drug-likeness (QED) is 0.799. The SMILES string of the molecule is CCN(CC(=O)N1CCCCCC1)C(=O)c1cnc2c(cnn2C)c1OC. The molecule has 1 aliphatic heterocycles. The molecule has 0 N–H and O–H groups in total. The van der Waals surface area contributed by atoms with E-state index in [0.29, 0.717) is 28.9 Å². The summed E-state index contributed by atoms with van der Waals surface area (Å²) in [4.78, 5) is 33.6. The maximum absolute atomic E-state index is 13.1. The molecule has 8 nitrogen and oxygen atoms in total. The van der Waals surface area contributed by atoms with E-state index in [1.54, 1.807) is 22.8 Å². The number of hydrogen-bond donors (Lipinski definition) is 0. The van der Waals surface area contributed by atoms with E-state index in [2.05, 4.69) is 10.1 Å². The Kier molecular flexibility index (Phi) is 5.93. The van der Waals surface area contributed by atoms with Gasteiger partial charge < -0.3 is 14.5 Å². The maximum atomic E-state index is 13.1. The number of fused-ring (bicyclic) bond motifs is 1. The molecule has 1 aliphatic rings. The van der Waals surface area contributed by atoms with Gasteiger partial charge in [0.15, 0.2) is 5.65 Å². The van der Waals surface area contributed by atoms with E-state index in [1.165, 1.54) is 13.3 Å². The Labute approximate surface area is 159 Å². The topological polar surface area (TPSA) is 80.6 Å². The lowest BCUT2D eigenvalue weighted by Gasteiger charge is -2.26. The first-order valence-corrected chi connectivity index (χ1v) is 9.48. The summed E-state index contributed by atoms with van der Waals surface area (Å²) in [7, 11) is 3.31. The van der Waals surface area contributed by atoms with Crippen LogP contribution in [0.2, 0.25) is 0 Å². The summed E-state index contributed by atoms with van der Waals surface area (Å²) in [6, 6.07) is 0. The standard InChI is InChI=1S/C19H27N5O3/c1-4-23(13-16(25)24-9-7-5-6-8-10-24)19(26)15-11-20-18-14(17(15)27-3)12-21-22(18)2/h11-12H,4-10,13H2,1-3H3. The average Bonchev–Trinajstić information content (AvgIpc) is 2.89. The Morgan fingerprint density at radius 1 is 1.19 bits per heavy atom. The van der Waals surface area contributed by atoms with Crippen LogP contribution in [0.15, 0.2) is 12.4 Å². The molecular formula is C19H27N5O3. The summed E-state index contributed by atoms with van der Waals surface area (Å²) in [6.45, 7) is 3.93. The Morgan fingerprint density at radius 2 is 1.89 bits per heavy atom. The van der Waals surface area contributed by atoms with Crippen molar-refractivity contribution in [2.24, 2.45) is 7.05 Å². The van der Waals surface area contributed by atoms with E-state index in [1.807, 2.05) is 11.8 Å². The number of carbonyl (C=O) groups excluding carboxylic acids is 2. The molecule has 0 aromatic carbocycles. The third-order valence-corrected chi connectivity index (χ3v) is 5.10. The van der Waals surface area contributed by atoms with Crippen molar-refractivity contribution in [1.82, 2.24) is 24.6 Å². The first-order chi connectivity index (χ1) is 13.1. The number of likely N-dealkylation sites (N-methyl/N-ethyl adjacent to an activating group) is 1. The second-order valence-corrected chi connectivity index (χ2v) is 6.82. The second-order valence-electron chi connectivity index (χ2n) is 6.82. The molecule has 2 aromatic rings. The van der Waals surface area contributed by atoms with Crippen LogP contribution in [0.25, 0.3) is 11.0 Å². The van der Waals surface area contributed by atoms with Crippen LogP contribution in [0.3, 0.4) is 0 Å². The number of hydrogen-bond acceptors (Lipinski definition) is 5. The summed E-state index contributed by atoms with van der Waals surface area (Å²) < 4.78 is 7.12.